The molecule has 9 heteroatoms. The highest BCUT2D eigenvalue weighted by Crippen LogP contribution is 1.89. The van der Waals surface area contributed by atoms with E-state index in [0.717, 1.165) is 0 Å². The van der Waals surface area contributed by atoms with E-state index in [1.54, 1.807) is 0 Å². The number of carbonyl (C=O) groups excluding carboxylic acids is 1. The first-order valence-electron chi connectivity index (χ1n) is 8.68. The summed E-state index contributed by atoms with van der Waals surface area (Å²) in [4.78, 5) is 21.5. The summed E-state index contributed by atoms with van der Waals surface area (Å²) in [5.41, 5.74) is 0. The van der Waals surface area contributed by atoms with Crippen molar-refractivity contribution in [3.05, 3.63) is 12.8 Å². The average molecular weight is 377 g/mol. The van der Waals surface area contributed by atoms with Crippen LogP contribution < -0.4 is 5.32 Å². The number of aliphatic carboxylic acids is 1. The number of ether oxygens (including phenoxy) is 5. The first-order valence-corrected chi connectivity index (χ1v) is 8.68. The van der Waals surface area contributed by atoms with Gasteiger partial charge < -0.3 is 34.1 Å². The van der Waals surface area contributed by atoms with Crippen LogP contribution >= 0.6 is 0 Å². The second-order valence-corrected chi connectivity index (χ2v) is 5.08. The van der Waals surface area contributed by atoms with Gasteiger partial charge in [-0.15, -0.1) is 0 Å². The molecule has 9 nitrogen and oxygen atoms in total. The van der Waals surface area contributed by atoms with Crippen LogP contribution in [0.15, 0.2) is 12.8 Å². The van der Waals surface area contributed by atoms with Crippen molar-refractivity contribution in [2.75, 3.05) is 66.0 Å². The zero-order valence-electron chi connectivity index (χ0n) is 15.3. The molecule has 2 N–H and O–H groups in total. The first kappa shape index (κ1) is 24.3. The summed E-state index contributed by atoms with van der Waals surface area (Å²) in [7, 11) is 0. The molecule has 0 aliphatic heterocycles. The fourth-order valence-corrected chi connectivity index (χ4v) is 1.66. The van der Waals surface area contributed by atoms with E-state index in [0.29, 0.717) is 72.4 Å². The molecular weight excluding hydrogens is 346 g/mol. The predicted octanol–water partition coefficient (Wildman–Crippen LogP) is 0.584. The third-order valence-corrected chi connectivity index (χ3v) is 2.93. The van der Waals surface area contributed by atoms with Crippen molar-refractivity contribution in [2.45, 2.75) is 19.3 Å². The lowest BCUT2D eigenvalue weighted by Crippen LogP contribution is -2.25. The number of nitrogens with one attached hydrogen (secondary N) is 1. The van der Waals surface area contributed by atoms with Crippen LogP contribution in [-0.4, -0.2) is 83.0 Å². The Kier molecular flexibility index (Phi) is 18.4. The molecule has 0 saturated heterocycles. The van der Waals surface area contributed by atoms with Gasteiger partial charge in [0.25, 0.3) is 0 Å². The minimum atomic E-state index is -0.975. The van der Waals surface area contributed by atoms with Crippen molar-refractivity contribution >= 4 is 11.9 Å². The third-order valence-electron chi connectivity index (χ3n) is 2.93. The fraction of sp³-hybridized carbons (Fsp3) is 0.765. The maximum atomic E-state index is 11.2. The Balaban J connectivity index is 3.10. The Hall–Kier alpha value is -1.68. The molecule has 0 aliphatic rings. The van der Waals surface area contributed by atoms with Gasteiger partial charge in [0, 0.05) is 19.6 Å². The van der Waals surface area contributed by atoms with Crippen molar-refractivity contribution in [3.8, 4) is 0 Å². The van der Waals surface area contributed by atoms with Crippen LogP contribution in [0, 0.1) is 0 Å². The number of carboxylic acid groups (broad SMARTS) is 1. The Morgan fingerprint density at radius 1 is 0.808 bits per heavy atom. The van der Waals surface area contributed by atoms with Crippen molar-refractivity contribution in [1.29, 1.82) is 0 Å². The zero-order valence-corrected chi connectivity index (χ0v) is 15.3. The fourth-order valence-electron chi connectivity index (χ4n) is 1.66. The molecule has 0 spiro atoms. The number of carboxylic acids is 1. The molecule has 0 bridgehead atoms. The molecular formula is C17H31NO8. The van der Waals surface area contributed by atoms with Gasteiger partial charge in [0.05, 0.1) is 58.9 Å². The van der Waals surface area contributed by atoms with Crippen molar-refractivity contribution in [3.63, 3.8) is 0 Å². The predicted molar refractivity (Wildman–Crippen MR) is 93.9 cm³/mol. The van der Waals surface area contributed by atoms with E-state index in [2.05, 4.69) is 11.9 Å². The van der Waals surface area contributed by atoms with E-state index in [-0.39, 0.29) is 18.7 Å². The van der Waals surface area contributed by atoms with Gasteiger partial charge in [0.2, 0.25) is 5.91 Å². The highest BCUT2D eigenvalue weighted by molar-refractivity contribution is 5.80. The molecule has 0 aromatic rings. The lowest BCUT2D eigenvalue weighted by Gasteiger charge is -2.08. The van der Waals surface area contributed by atoms with Gasteiger partial charge in [-0.2, -0.15) is 0 Å². The van der Waals surface area contributed by atoms with Crippen LogP contribution in [0.3, 0.4) is 0 Å². The number of hydrogen-bond acceptors (Lipinski definition) is 7. The number of carbonyl (C=O) groups is 2. The summed E-state index contributed by atoms with van der Waals surface area (Å²) in [6.07, 6.45) is 1.90. The SMILES string of the molecule is C=COCCOCCOCCOCCOCCCNC(=O)CCC(=O)O. The minimum Gasteiger partial charge on any atom is -0.499 e. The van der Waals surface area contributed by atoms with Crippen LogP contribution in [0.25, 0.3) is 0 Å². The smallest absolute Gasteiger partial charge is 0.303 e. The largest absolute Gasteiger partial charge is 0.499 e. The summed E-state index contributed by atoms with van der Waals surface area (Å²) < 4.78 is 26.2. The molecule has 152 valence electrons. The number of amides is 1. The van der Waals surface area contributed by atoms with Crippen molar-refractivity contribution in [2.24, 2.45) is 0 Å². The average Bonchev–Trinajstić information content (AvgIpc) is 2.62. The molecule has 0 fully saturated rings. The van der Waals surface area contributed by atoms with E-state index in [1.165, 1.54) is 6.26 Å². The van der Waals surface area contributed by atoms with Crippen LogP contribution in [0.4, 0.5) is 0 Å². The van der Waals surface area contributed by atoms with Gasteiger partial charge in [-0.1, -0.05) is 6.58 Å². The summed E-state index contributed by atoms with van der Waals surface area (Å²) >= 11 is 0. The standard InChI is InChI=1S/C17H31NO8/c1-2-22-8-9-24-12-13-26-15-14-25-11-10-23-7-3-6-18-16(19)4-5-17(20)21/h2H,1,3-15H2,(H,18,19)(H,20,21). The Morgan fingerprint density at radius 3 is 1.81 bits per heavy atom. The lowest BCUT2D eigenvalue weighted by atomic mass is 10.3. The van der Waals surface area contributed by atoms with Crippen LogP contribution in [-0.2, 0) is 33.3 Å². The molecule has 1 amide bonds. The molecule has 0 heterocycles. The Morgan fingerprint density at radius 2 is 1.31 bits per heavy atom. The second-order valence-electron chi connectivity index (χ2n) is 5.08. The molecule has 0 saturated carbocycles. The summed E-state index contributed by atoms with van der Waals surface area (Å²) in [5.74, 6) is -1.23. The van der Waals surface area contributed by atoms with Crippen molar-refractivity contribution in [1.82, 2.24) is 5.32 Å². The van der Waals surface area contributed by atoms with Gasteiger partial charge in [0.1, 0.15) is 6.61 Å². The highest BCUT2D eigenvalue weighted by atomic mass is 16.6. The Labute approximate surface area is 154 Å². The van der Waals surface area contributed by atoms with E-state index < -0.39 is 5.97 Å². The quantitative estimate of drug-likeness (QED) is 0.234. The molecule has 0 unspecified atom stereocenters. The van der Waals surface area contributed by atoms with Crippen LogP contribution in [0.2, 0.25) is 0 Å². The van der Waals surface area contributed by atoms with Crippen molar-refractivity contribution < 1.29 is 38.4 Å². The first-order chi connectivity index (χ1) is 12.7. The van der Waals surface area contributed by atoms with Gasteiger partial charge in [-0.3, -0.25) is 9.59 Å². The Bertz CT molecular complexity index is 365. The monoisotopic (exact) mass is 377 g/mol. The van der Waals surface area contributed by atoms with Gasteiger partial charge in [-0.05, 0) is 6.42 Å². The summed E-state index contributed by atoms with van der Waals surface area (Å²) in [6, 6.07) is 0. The molecule has 0 aliphatic carbocycles. The van der Waals surface area contributed by atoms with E-state index in [4.69, 9.17) is 28.8 Å². The van der Waals surface area contributed by atoms with E-state index >= 15 is 0 Å². The number of hydrogen-bond donors (Lipinski definition) is 2. The number of rotatable bonds is 20. The molecule has 0 rings (SSSR count). The maximum Gasteiger partial charge on any atom is 0.303 e. The third kappa shape index (κ3) is 20.4. The van der Waals surface area contributed by atoms with E-state index in [1.807, 2.05) is 0 Å². The summed E-state index contributed by atoms with van der Waals surface area (Å²) in [5, 5.41) is 11.1. The molecule has 0 aromatic heterocycles. The molecule has 0 atom stereocenters. The molecule has 0 radical (unpaired) electrons. The maximum absolute atomic E-state index is 11.2. The minimum absolute atomic E-state index is 0.00194. The second kappa shape index (κ2) is 19.6. The van der Waals surface area contributed by atoms with Gasteiger partial charge in [-0.25, -0.2) is 0 Å². The summed E-state index contributed by atoms with van der Waals surface area (Å²) in [6.45, 7) is 8.35. The van der Waals surface area contributed by atoms with E-state index in [9.17, 15) is 9.59 Å². The van der Waals surface area contributed by atoms with Gasteiger partial charge >= 0.3 is 5.97 Å². The lowest BCUT2D eigenvalue weighted by molar-refractivity contribution is -0.138. The van der Waals surface area contributed by atoms with Crippen LogP contribution in [0.1, 0.15) is 19.3 Å². The highest BCUT2D eigenvalue weighted by Gasteiger charge is 2.03. The topological polar surface area (TPSA) is 113 Å². The molecule has 0 aromatic carbocycles. The zero-order chi connectivity index (χ0) is 19.3. The molecule has 26 heavy (non-hydrogen) atoms. The van der Waals surface area contributed by atoms with Gasteiger partial charge in [0.15, 0.2) is 0 Å². The van der Waals surface area contributed by atoms with Crippen LogP contribution in [0.5, 0.6) is 0 Å². The normalized spacial score (nSPS) is 10.5.